The first-order valence-electron chi connectivity index (χ1n) is 6.64. The Morgan fingerprint density at radius 2 is 2.21 bits per heavy atom. The number of hydrogen-bond donors (Lipinski definition) is 0. The molecular formula is C15H10BrNO5S2. The lowest BCUT2D eigenvalue weighted by molar-refractivity contribution is -0.123. The number of furan rings is 1. The van der Waals surface area contributed by atoms with E-state index in [-0.39, 0.29) is 23.5 Å². The molecule has 1 aliphatic rings. The number of amides is 2. The number of rotatable bonds is 4. The number of methoxy groups -OCH3 is 1. The van der Waals surface area contributed by atoms with Gasteiger partial charge in [0.2, 0.25) is 5.76 Å². The Labute approximate surface area is 153 Å². The third kappa shape index (κ3) is 3.47. The summed E-state index contributed by atoms with van der Waals surface area (Å²) in [5.74, 6) is -0.639. The number of ether oxygens (including phenoxy) is 1. The fraction of sp³-hybridized carbons (Fsp3) is 0.133. The summed E-state index contributed by atoms with van der Waals surface area (Å²) in [4.78, 5) is 38.2. The molecule has 2 aromatic heterocycles. The summed E-state index contributed by atoms with van der Waals surface area (Å²) in [6.07, 6.45) is 1.68. The highest BCUT2D eigenvalue weighted by Gasteiger charge is 2.35. The van der Waals surface area contributed by atoms with Gasteiger partial charge in [0, 0.05) is 14.7 Å². The van der Waals surface area contributed by atoms with Crippen LogP contribution < -0.4 is 0 Å². The third-order valence-electron chi connectivity index (χ3n) is 3.10. The smallest absolute Gasteiger partial charge is 0.373 e. The average molecular weight is 428 g/mol. The first kappa shape index (κ1) is 17.0. The summed E-state index contributed by atoms with van der Waals surface area (Å²) in [5, 5.41) is 1.52. The first-order valence-corrected chi connectivity index (χ1v) is 9.13. The first-order chi connectivity index (χ1) is 11.5. The Morgan fingerprint density at radius 1 is 1.42 bits per heavy atom. The van der Waals surface area contributed by atoms with Crippen LogP contribution in [0.2, 0.25) is 0 Å². The zero-order valence-corrected chi connectivity index (χ0v) is 15.5. The van der Waals surface area contributed by atoms with Gasteiger partial charge in [0.25, 0.3) is 11.1 Å². The maximum Gasteiger partial charge on any atom is 0.373 e. The molecule has 0 aromatic carbocycles. The minimum absolute atomic E-state index is 0.0263. The number of hydrogen-bond acceptors (Lipinski definition) is 7. The monoisotopic (exact) mass is 427 g/mol. The zero-order chi connectivity index (χ0) is 17.3. The molecule has 0 unspecified atom stereocenters. The quantitative estimate of drug-likeness (QED) is 0.539. The van der Waals surface area contributed by atoms with Gasteiger partial charge in [0.05, 0.1) is 18.6 Å². The van der Waals surface area contributed by atoms with E-state index in [1.54, 1.807) is 6.08 Å². The van der Waals surface area contributed by atoms with Gasteiger partial charge in [-0.05, 0) is 52.0 Å². The number of nitrogens with zero attached hydrogens (tertiary/aromatic N) is 1. The molecule has 0 aliphatic carbocycles. The fourth-order valence-corrected chi connectivity index (χ4v) is 4.28. The SMILES string of the molecule is COC(=O)c1ccc(CN2C(=O)SC(=Cc3cc(Br)cs3)C2=O)o1. The number of thiophene rings is 1. The molecule has 0 N–H and O–H groups in total. The van der Waals surface area contributed by atoms with E-state index in [0.717, 1.165) is 26.0 Å². The largest absolute Gasteiger partial charge is 0.463 e. The second-order valence-corrected chi connectivity index (χ2v) is 7.54. The highest BCUT2D eigenvalue weighted by molar-refractivity contribution is 9.10. The van der Waals surface area contributed by atoms with Crippen molar-refractivity contribution in [3.63, 3.8) is 0 Å². The van der Waals surface area contributed by atoms with Gasteiger partial charge in [-0.25, -0.2) is 4.79 Å². The number of esters is 1. The second-order valence-electron chi connectivity index (χ2n) is 4.69. The normalized spacial score (nSPS) is 16.2. The number of halogens is 1. The highest BCUT2D eigenvalue weighted by atomic mass is 79.9. The van der Waals surface area contributed by atoms with Crippen molar-refractivity contribution in [2.24, 2.45) is 0 Å². The maximum atomic E-state index is 12.4. The van der Waals surface area contributed by atoms with Crippen LogP contribution in [0.25, 0.3) is 6.08 Å². The summed E-state index contributed by atoms with van der Waals surface area (Å²) >= 11 is 5.69. The lowest BCUT2D eigenvalue weighted by Gasteiger charge is -2.09. The molecule has 2 amide bonds. The van der Waals surface area contributed by atoms with E-state index < -0.39 is 5.97 Å². The Hall–Kier alpha value is -1.84. The molecule has 124 valence electrons. The van der Waals surface area contributed by atoms with E-state index in [2.05, 4.69) is 20.7 Å². The summed E-state index contributed by atoms with van der Waals surface area (Å²) in [5.41, 5.74) is 0. The Kier molecular flexibility index (Phi) is 4.93. The summed E-state index contributed by atoms with van der Waals surface area (Å²) in [6, 6.07) is 4.85. The predicted octanol–water partition coefficient (Wildman–Crippen LogP) is 4.13. The Bertz CT molecular complexity index is 854. The standard InChI is InChI=1S/C15H10BrNO5S2/c1-21-14(19)11-3-2-9(22-11)6-17-13(18)12(24-15(17)20)5-10-4-8(16)7-23-10/h2-5,7H,6H2,1H3. The van der Waals surface area contributed by atoms with E-state index in [0.29, 0.717) is 10.7 Å². The molecule has 6 nitrogen and oxygen atoms in total. The van der Waals surface area contributed by atoms with Crippen LogP contribution in [0.1, 0.15) is 21.2 Å². The molecule has 3 heterocycles. The molecular weight excluding hydrogens is 418 g/mol. The van der Waals surface area contributed by atoms with Gasteiger partial charge in [-0.1, -0.05) is 0 Å². The van der Waals surface area contributed by atoms with E-state index in [1.807, 2.05) is 11.4 Å². The molecule has 1 aliphatic heterocycles. The molecule has 0 atom stereocenters. The van der Waals surface area contributed by atoms with Crippen LogP contribution in [-0.2, 0) is 16.1 Å². The number of carbonyl (C=O) groups is 3. The third-order valence-corrected chi connectivity index (χ3v) is 5.64. The molecule has 0 radical (unpaired) electrons. The van der Waals surface area contributed by atoms with Crippen LogP contribution in [-0.4, -0.2) is 29.1 Å². The lowest BCUT2D eigenvalue weighted by atomic mass is 10.3. The van der Waals surface area contributed by atoms with Crippen molar-refractivity contribution >= 4 is 62.2 Å². The molecule has 2 aromatic rings. The van der Waals surface area contributed by atoms with E-state index in [9.17, 15) is 14.4 Å². The fourth-order valence-electron chi connectivity index (χ4n) is 2.00. The summed E-state index contributed by atoms with van der Waals surface area (Å²) in [7, 11) is 1.24. The van der Waals surface area contributed by atoms with Crippen molar-refractivity contribution in [2.75, 3.05) is 7.11 Å². The topological polar surface area (TPSA) is 76.8 Å². The van der Waals surface area contributed by atoms with Crippen molar-refractivity contribution in [1.82, 2.24) is 4.90 Å². The van der Waals surface area contributed by atoms with Crippen LogP contribution in [0.5, 0.6) is 0 Å². The van der Waals surface area contributed by atoms with Crippen molar-refractivity contribution in [3.05, 3.63) is 49.4 Å². The molecule has 0 saturated carbocycles. The predicted molar refractivity (Wildman–Crippen MR) is 93.6 cm³/mol. The number of carbonyl (C=O) groups excluding carboxylic acids is 3. The molecule has 9 heteroatoms. The molecule has 0 spiro atoms. The van der Waals surface area contributed by atoms with Crippen LogP contribution in [0.15, 0.2) is 37.4 Å². The van der Waals surface area contributed by atoms with Crippen LogP contribution >= 0.6 is 39.0 Å². The van der Waals surface area contributed by atoms with Crippen molar-refractivity contribution in [2.45, 2.75) is 6.54 Å². The van der Waals surface area contributed by atoms with Gasteiger partial charge in [-0.15, -0.1) is 11.3 Å². The number of thioether (sulfide) groups is 1. The van der Waals surface area contributed by atoms with Gasteiger partial charge in [0.1, 0.15) is 5.76 Å². The molecule has 0 bridgehead atoms. The van der Waals surface area contributed by atoms with Crippen molar-refractivity contribution in [3.8, 4) is 0 Å². The minimum atomic E-state index is -0.612. The zero-order valence-electron chi connectivity index (χ0n) is 12.3. The van der Waals surface area contributed by atoms with Gasteiger partial charge in [-0.3, -0.25) is 14.5 Å². The molecule has 1 fully saturated rings. The number of imide groups is 1. The maximum absolute atomic E-state index is 12.4. The Balaban J connectivity index is 1.76. The highest BCUT2D eigenvalue weighted by Crippen LogP contribution is 2.34. The summed E-state index contributed by atoms with van der Waals surface area (Å²) < 4.78 is 10.8. The van der Waals surface area contributed by atoms with Gasteiger partial charge < -0.3 is 9.15 Å². The van der Waals surface area contributed by atoms with Crippen LogP contribution in [0, 0.1) is 0 Å². The van der Waals surface area contributed by atoms with Gasteiger partial charge in [0.15, 0.2) is 0 Å². The van der Waals surface area contributed by atoms with Crippen LogP contribution in [0.3, 0.4) is 0 Å². The molecule has 3 rings (SSSR count). The van der Waals surface area contributed by atoms with Crippen molar-refractivity contribution < 1.29 is 23.5 Å². The van der Waals surface area contributed by atoms with Crippen molar-refractivity contribution in [1.29, 1.82) is 0 Å². The average Bonchev–Trinajstić information content (AvgIpc) is 3.24. The van der Waals surface area contributed by atoms with E-state index in [4.69, 9.17) is 4.42 Å². The Morgan fingerprint density at radius 3 is 2.88 bits per heavy atom. The molecule has 1 saturated heterocycles. The minimum Gasteiger partial charge on any atom is -0.463 e. The van der Waals surface area contributed by atoms with E-state index >= 15 is 0 Å². The second kappa shape index (κ2) is 6.96. The van der Waals surface area contributed by atoms with Gasteiger partial charge in [-0.2, -0.15) is 0 Å². The van der Waals surface area contributed by atoms with Crippen LogP contribution in [0.4, 0.5) is 4.79 Å². The van der Waals surface area contributed by atoms with Gasteiger partial charge >= 0.3 is 5.97 Å². The summed E-state index contributed by atoms with van der Waals surface area (Å²) in [6.45, 7) is -0.0346. The molecule has 24 heavy (non-hydrogen) atoms. The lowest BCUT2D eigenvalue weighted by Crippen LogP contribution is -2.27. The van der Waals surface area contributed by atoms with E-state index in [1.165, 1.54) is 30.6 Å².